The number of carboxylic acids is 1. The van der Waals surface area contributed by atoms with Gasteiger partial charge in [-0.15, -0.1) is 0 Å². The Bertz CT molecular complexity index is 336. The van der Waals surface area contributed by atoms with Gasteiger partial charge in [-0.3, -0.25) is 0 Å². The summed E-state index contributed by atoms with van der Waals surface area (Å²) in [7, 11) is 0. The molecule has 0 saturated heterocycles. The second-order valence-electron chi connectivity index (χ2n) is 2.33. The average Bonchev–Trinajstić information content (AvgIpc) is 2.03. The van der Waals surface area contributed by atoms with E-state index >= 15 is 0 Å². The fraction of sp³-hybridized carbons (Fsp3) is 0.125. The molecule has 0 saturated carbocycles. The Morgan fingerprint density at radius 2 is 1.71 bits per heavy atom. The number of carbonyl (C=O) groups excluding carboxylic acids is 1. The van der Waals surface area contributed by atoms with Crippen molar-refractivity contribution in [2.45, 2.75) is 6.18 Å². The van der Waals surface area contributed by atoms with Crippen molar-refractivity contribution >= 4 is 5.97 Å². The maximum absolute atomic E-state index is 12.1. The molecule has 70 valence electrons. The van der Waals surface area contributed by atoms with Crippen LogP contribution in [-0.4, -0.2) is 5.97 Å². The van der Waals surface area contributed by atoms with E-state index in [1.807, 2.05) is 0 Å². The largest absolute Gasteiger partial charge is 1.00 e. The van der Waals surface area contributed by atoms with E-state index in [9.17, 15) is 23.1 Å². The molecule has 0 unspecified atom stereocenters. The van der Waals surface area contributed by atoms with Gasteiger partial charge in [0.15, 0.2) is 0 Å². The maximum atomic E-state index is 12.1. The maximum Gasteiger partial charge on any atom is 1.00 e. The van der Waals surface area contributed by atoms with E-state index in [4.69, 9.17) is 0 Å². The molecular weight excluding hydrogens is 208 g/mol. The minimum atomic E-state index is -4.66. The molecule has 0 heterocycles. The van der Waals surface area contributed by atoms with E-state index in [2.05, 4.69) is 0 Å². The second kappa shape index (κ2) is 4.82. The molecule has 0 radical (unpaired) electrons. The minimum Gasteiger partial charge on any atom is -0.545 e. The van der Waals surface area contributed by atoms with Gasteiger partial charge in [-0.2, -0.15) is 13.2 Å². The van der Waals surface area contributed by atoms with Gasteiger partial charge in [0, 0.05) is 5.56 Å². The molecule has 6 heteroatoms. The van der Waals surface area contributed by atoms with Gasteiger partial charge in [-0.1, -0.05) is 18.2 Å². The SMILES string of the molecule is O=C([O-])c1ccccc1C(F)(F)F.[Na+]. The van der Waals surface area contributed by atoms with Crippen LogP contribution < -0.4 is 34.7 Å². The van der Waals surface area contributed by atoms with Crippen LogP contribution >= 0.6 is 0 Å². The van der Waals surface area contributed by atoms with Crippen LogP contribution in [0.25, 0.3) is 0 Å². The average molecular weight is 212 g/mol. The third-order valence-electron chi connectivity index (χ3n) is 1.45. The van der Waals surface area contributed by atoms with Crippen LogP contribution in [0.4, 0.5) is 13.2 Å². The van der Waals surface area contributed by atoms with Crippen LogP contribution in [0.5, 0.6) is 0 Å². The number of rotatable bonds is 1. The number of carboxylic acid groups (broad SMARTS) is 1. The molecule has 0 atom stereocenters. The third-order valence-corrected chi connectivity index (χ3v) is 1.45. The zero-order valence-electron chi connectivity index (χ0n) is 7.26. The number of benzene rings is 1. The van der Waals surface area contributed by atoms with Gasteiger partial charge in [-0.05, 0) is 6.07 Å². The molecule has 1 rings (SSSR count). The smallest absolute Gasteiger partial charge is 0.545 e. The van der Waals surface area contributed by atoms with Crippen LogP contribution in [0.3, 0.4) is 0 Å². The zero-order valence-corrected chi connectivity index (χ0v) is 9.26. The van der Waals surface area contributed by atoms with Crippen molar-refractivity contribution in [3.63, 3.8) is 0 Å². The van der Waals surface area contributed by atoms with E-state index in [-0.39, 0.29) is 29.6 Å². The number of halogens is 3. The quantitative estimate of drug-likeness (QED) is 0.509. The normalized spacial score (nSPS) is 10.5. The number of hydrogen-bond acceptors (Lipinski definition) is 2. The van der Waals surface area contributed by atoms with E-state index in [0.717, 1.165) is 12.1 Å². The number of aromatic carboxylic acids is 1. The third kappa shape index (κ3) is 3.01. The van der Waals surface area contributed by atoms with Gasteiger partial charge in [0.25, 0.3) is 0 Å². The van der Waals surface area contributed by atoms with Gasteiger partial charge >= 0.3 is 35.7 Å². The van der Waals surface area contributed by atoms with Gasteiger partial charge in [0.2, 0.25) is 0 Å². The predicted molar refractivity (Wildman–Crippen MR) is 35.8 cm³/mol. The minimum absolute atomic E-state index is 0. The van der Waals surface area contributed by atoms with Crippen molar-refractivity contribution in [1.82, 2.24) is 0 Å². The summed E-state index contributed by atoms with van der Waals surface area (Å²) in [5.74, 6) is -1.83. The van der Waals surface area contributed by atoms with Crippen molar-refractivity contribution in [2.75, 3.05) is 0 Å². The molecule has 2 nitrogen and oxygen atoms in total. The summed E-state index contributed by atoms with van der Waals surface area (Å²) in [4.78, 5) is 10.3. The Kier molecular flexibility index (Phi) is 4.64. The molecule has 0 spiro atoms. The first-order chi connectivity index (χ1) is 5.93. The summed E-state index contributed by atoms with van der Waals surface area (Å²) in [6, 6.07) is 3.89. The summed E-state index contributed by atoms with van der Waals surface area (Å²) >= 11 is 0. The molecule has 1 aromatic rings. The summed E-state index contributed by atoms with van der Waals surface area (Å²) in [6.07, 6.45) is -4.66. The fourth-order valence-electron chi connectivity index (χ4n) is 0.908. The molecule has 1 aromatic carbocycles. The Hall–Kier alpha value is -0.520. The second-order valence-corrected chi connectivity index (χ2v) is 2.33. The molecule has 0 bridgehead atoms. The van der Waals surface area contributed by atoms with Crippen LogP contribution in [0, 0.1) is 0 Å². The van der Waals surface area contributed by atoms with Gasteiger partial charge in [0.1, 0.15) is 0 Å². The zero-order chi connectivity index (χ0) is 10.1. The van der Waals surface area contributed by atoms with E-state index in [1.165, 1.54) is 6.07 Å². The molecule has 0 aromatic heterocycles. The molecule has 14 heavy (non-hydrogen) atoms. The van der Waals surface area contributed by atoms with Crippen molar-refractivity contribution in [2.24, 2.45) is 0 Å². The Morgan fingerprint density at radius 3 is 2.07 bits per heavy atom. The monoisotopic (exact) mass is 212 g/mol. The molecule has 0 fully saturated rings. The summed E-state index contributed by atoms with van der Waals surface area (Å²) in [6.45, 7) is 0. The topological polar surface area (TPSA) is 40.1 Å². The first-order valence-electron chi connectivity index (χ1n) is 3.30. The van der Waals surface area contributed by atoms with Crippen LogP contribution in [-0.2, 0) is 6.18 Å². The first-order valence-corrected chi connectivity index (χ1v) is 3.30. The first kappa shape index (κ1) is 13.5. The van der Waals surface area contributed by atoms with Crippen molar-refractivity contribution in [3.8, 4) is 0 Å². The Balaban J connectivity index is 0.00000169. The Morgan fingerprint density at radius 1 is 1.21 bits per heavy atom. The molecule has 0 aliphatic heterocycles. The van der Waals surface area contributed by atoms with E-state index in [1.54, 1.807) is 0 Å². The predicted octanol–water partition coefficient (Wildman–Crippen LogP) is -1.93. The summed E-state index contributed by atoms with van der Waals surface area (Å²) in [5, 5.41) is 10.3. The Labute approximate surface area is 100 Å². The molecule has 0 N–H and O–H groups in total. The van der Waals surface area contributed by atoms with Crippen LogP contribution in [0.1, 0.15) is 15.9 Å². The van der Waals surface area contributed by atoms with Crippen molar-refractivity contribution in [3.05, 3.63) is 35.4 Å². The van der Waals surface area contributed by atoms with Crippen molar-refractivity contribution in [1.29, 1.82) is 0 Å². The van der Waals surface area contributed by atoms with Crippen LogP contribution in [0.15, 0.2) is 24.3 Å². The fourth-order valence-corrected chi connectivity index (χ4v) is 0.908. The van der Waals surface area contributed by atoms with Crippen molar-refractivity contribution < 1.29 is 52.6 Å². The molecule has 0 amide bonds. The summed E-state index contributed by atoms with van der Waals surface area (Å²) < 4.78 is 36.4. The number of carbonyl (C=O) groups is 1. The molecule has 0 aliphatic rings. The molecule has 0 aliphatic carbocycles. The van der Waals surface area contributed by atoms with Crippen LogP contribution in [0.2, 0.25) is 0 Å². The summed E-state index contributed by atoms with van der Waals surface area (Å²) in [5.41, 5.74) is -2.02. The number of hydrogen-bond donors (Lipinski definition) is 0. The van der Waals surface area contributed by atoms with Gasteiger partial charge in [-0.25, -0.2) is 0 Å². The number of alkyl halides is 3. The van der Waals surface area contributed by atoms with E-state index < -0.39 is 23.3 Å². The standard InChI is InChI=1S/C8H5F3O2.Na/c9-8(10,11)6-4-2-1-3-5(6)7(12)13;/h1-4H,(H,12,13);/q;+1/p-1. The molecular formula is C8H4F3NaO2. The van der Waals surface area contributed by atoms with Gasteiger partial charge < -0.3 is 9.90 Å². The van der Waals surface area contributed by atoms with Gasteiger partial charge in [0.05, 0.1) is 11.5 Å². The van der Waals surface area contributed by atoms with E-state index in [0.29, 0.717) is 6.07 Å².